The number of benzene rings is 1. The molecular weight excluding hydrogens is 250 g/mol. The summed E-state index contributed by atoms with van der Waals surface area (Å²) >= 11 is 0. The maximum absolute atomic E-state index is 12.2. The topological polar surface area (TPSA) is 49.3 Å². The SMILES string of the molecule is Cc1ccccc1[C@@H]1C[C@@H]1C(=O)N[C@H](CO)CC(C)C. The Hall–Kier alpha value is -1.35. The number of hydrogen-bond donors (Lipinski definition) is 2. The number of aliphatic hydroxyl groups excluding tert-OH is 1. The summed E-state index contributed by atoms with van der Waals surface area (Å²) in [6.07, 6.45) is 1.75. The smallest absolute Gasteiger partial charge is 0.224 e. The van der Waals surface area contributed by atoms with Crippen LogP contribution >= 0.6 is 0 Å². The summed E-state index contributed by atoms with van der Waals surface area (Å²) in [7, 11) is 0. The van der Waals surface area contributed by atoms with Gasteiger partial charge in [0, 0.05) is 5.92 Å². The average molecular weight is 275 g/mol. The average Bonchev–Trinajstić information content (AvgIpc) is 3.18. The van der Waals surface area contributed by atoms with Crippen molar-refractivity contribution in [3.05, 3.63) is 35.4 Å². The van der Waals surface area contributed by atoms with Crippen molar-refractivity contribution in [3.8, 4) is 0 Å². The lowest BCUT2D eigenvalue weighted by Crippen LogP contribution is -2.39. The Morgan fingerprint density at radius 3 is 2.70 bits per heavy atom. The molecule has 1 aromatic rings. The van der Waals surface area contributed by atoms with Gasteiger partial charge in [-0.3, -0.25) is 4.79 Å². The van der Waals surface area contributed by atoms with Crippen LogP contribution in [0.25, 0.3) is 0 Å². The van der Waals surface area contributed by atoms with E-state index in [1.165, 1.54) is 11.1 Å². The molecule has 1 fully saturated rings. The van der Waals surface area contributed by atoms with Crippen LogP contribution in [0, 0.1) is 18.8 Å². The lowest BCUT2D eigenvalue weighted by molar-refractivity contribution is -0.123. The lowest BCUT2D eigenvalue weighted by Gasteiger charge is -2.18. The third-order valence-electron chi connectivity index (χ3n) is 4.04. The van der Waals surface area contributed by atoms with Crippen molar-refractivity contribution in [1.82, 2.24) is 5.32 Å². The molecule has 2 N–H and O–H groups in total. The van der Waals surface area contributed by atoms with Gasteiger partial charge in [-0.15, -0.1) is 0 Å². The summed E-state index contributed by atoms with van der Waals surface area (Å²) in [6, 6.07) is 8.16. The van der Waals surface area contributed by atoms with Gasteiger partial charge in [0.05, 0.1) is 12.6 Å². The van der Waals surface area contributed by atoms with Crippen LogP contribution in [0.3, 0.4) is 0 Å². The summed E-state index contributed by atoms with van der Waals surface area (Å²) in [6.45, 7) is 6.31. The first-order valence-electron chi connectivity index (χ1n) is 7.49. The summed E-state index contributed by atoms with van der Waals surface area (Å²) in [5.74, 6) is 1.00. The van der Waals surface area contributed by atoms with E-state index >= 15 is 0 Å². The number of hydrogen-bond acceptors (Lipinski definition) is 2. The maximum Gasteiger partial charge on any atom is 0.224 e. The molecule has 0 unspecified atom stereocenters. The molecule has 1 aliphatic rings. The van der Waals surface area contributed by atoms with Crippen LogP contribution < -0.4 is 5.32 Å². The predicted molar refractivity (Wildman–Crippen MR) is 80.5 cm³/mol. The van der Waals surface area contributed by atoms with Gasteiger partial charge in [0.25, 0.3) is 0 Å². The zero-order valence-electron chi connectivity index (χ0n) is 12.6. The highest BCUT2D eigenvalue weighted by molar-refractivity contribution is 5.83. The zero-order valence-corrected chi connectivity index (χ0v) is 12.6. The van der Waals surface area contributed by atoms with E-state index in [0.717, 1.165) is 12.8 Å². The first-order valence-corrected chi connectivity index (χ1v) is 7.49. The summed E-state index contributed by atoms with van der Waals surface area (Å²) in [5, 5.41) is 12.3. The third kappa shape index (κ3) is 3.60. The number of nitrogens with one attached hydrogen (secondary N) is 1. The Morgan fingerprint density at radius 1 is 1.40 bits per heavy atom. The minimum absolute atomic E-state index is 0.0195. The van der Waals surface area contributed by atoms with Gasteiger partial charge in [0.1, 0.15) is 0 Å². The van der Waals surface area contributed by atoms with Gasteiger partial charge >= 0.3 is 0 Å². The van der Waals surface area contributed by atoms with Crippen LogP contribution in [-0.4, -0.2) is 23.7 Å². The third-order valence-corrected chi connectivity index (χ3v) is 4.04. The molecule has 0 heterocycles. The Bertz CT molecular complexity index is 470. The molecule has 0 saturated heterocycles. The minimum Gasteiger partial charge on any atom is -0.394 e. The molecule has 1 amide bonds. The fraction of sp³-hybridized carbons (Fsp3) is 0.588. The molecule has 3 nitrogen and oxygen atoms in total. The number of aryl methyl sites for hydroxylation is 1. The van der Waals surface area contributed by atoms with Crippen molar-refractivity contribution in [1.29, 1.82) is 0 Å². The van der Waals surface area contributed by atoms with E-state index in [-0.39, 0.29) is 24.5 Å². The largest absolute Gasteiger partial charge is 0.394 e. The molecule has 1 saturated carbocycles. The van der Waals surface area contributed by atoms with Crippen molar-refractivity contribution in [2.24, 2.45) is 11.8 Å². The first kappa shape index (κ1) is 15.0. The van der Waals surface area contributed by atoms with Crippen molar-refractivity contribution >= 4 is 5.91 Å². The molecule has 3 atom stereocenters. The van der Waals surface area contributed by atoms with E-state index in [1.54, 1.807) is 0 Å². The molecule has 0 aliphatic heterocycles. The normalized spacial score (nSPS) is 22.6. The van der Waals surface area contributed by atoms with Crippen LogP contribution in [0.1, 0.15) is 43.7 Å². The Morgan fingerprint density at radius 2 is 2.10 bits per heavy atom. The highest BCUT2D eigenvalue weighted by Gasteiger charge is 2.44. The van der Waals surface area contributed by atoms with Gasteiger partial charge < -0.3 is 10.4 Å². The maximum atomic E-state index is 12.2. The molecule has 20 heavy (non-hydrogen) atoms. The van der Waals surface area contributed by atoms with E-state index in [2.05, 4.69) is 38.2 Å². The number of aliphatic hydroxyl groups is 1. The van der Waals surface area contributed by atoms with Gasteiger partial charge in [-0.1, -0.05) is 38.1 Å². The second-order valence-electron chi connectivity index (χ2n) is 6.32. The Labute approximate surface area is 121 Å². The molecular formula is C17H25NO2. The molecule has 3 heteroatoms. The van der Waals surface area contributed by atoms with Crippen LogP contribution in [0.15, 0.2) is 24.3 Å². The number of carbonyl (C=O) groups excluding carboxylic acids is 1. The van der Waals surface area contributed by atoms with Gasteiger partial charge in [-0.05, 0) is 42.7 Å². The lowest BCUT2D eigenvalue weighted by atomic mass is 10.0. The van der Waals surface area contributed by atoms with Crippen molar-refractivity contribution in [2.45, 2.75) is 45.6 Å². The van der Waals surface area contributed by atoms with E-state index < -0.39 is 0 Å². The van der Waals surface area contributed by atoms with Crippen LogP contribution in [-0.2, 0) is 4.79 Å². The van der Waals surface area contributed by atoms with Gasteiger partial charge in [-0.2, -0.15) is 0 Å². The van der Waals surface area contributed by atoms with E-state index in [0.29, 0.717) is 11.8 Å². The predicted octanol–water partition coefficient (Wildman–Crippen LogP) is 2.62. The monoisotopic (exact) mass is 275 g/mol. The highest BCUT2D eigenvalue weighted by atomic mass is 16.3. The molecule has 0 aromatic heterocycles. The fourth-order valence-electron chi connectivity index (χ4n) is 2.89. The van der Waals surface area contributed by atoms with Crippen LogP contribution in [0.5, 0.6) is 0 Å². The Kier molecular flexibility index (Phi) is 4.81. The molecule has 2 rings (SSSR count). The Balaban J connectivity index is 1.91. The zero-order chi connectivity index (χ0) is 14.7. The van der Waals surface area contributed by atoms with Crippen molar-refractivity contribution < 1.29 is 9.90 Å². The number of carbonyl (C=O) groups is 1. The summed E-state index contributed by atoms with van der Waals surface area (Å²) < 4.78 is 0. The van der Waals surface area contributed by atoms with Crippen molar-refractivity contribution in [2.75, 3.05) is 6.61 Å². The molecule has 0 spiro atoms. The number of amides is 1. The van der Waals surface area contributed by atoms with Gasteiger partial charge in [0.15, 0.2) is 0 Å². The second-order valence-corrected chi connectivity index (χ2v) is 6.32. The summed E-state index contributed by atoms with van der Waals surface area (Å²) in [5.41, 5.74) is 2.55. The quantitative estimate of drug-likeness (QED) is 0.838. The summed E-state index contributed by atoms with van der Waals surface area (Å²) in [4.78, 5) is 12.2. The van der Waals surface area contributed by atoms with Crippen LogP contribution in [0.4, 0.5) is 0 Å². The molecule has 1 aromatic carbocycles. The second kappa shape index (κ2) is 6.40. The van der Waals surface area contributed by atoms with E-state index in [1.807, 2.05) is 12.1 Å². The van der Waals surface area contributed by atoms with Gasteiger partial charge in [0.2, 0.25) is 5.91 Å². The fourth-order valence-corrected chi connectivity index (χ4v) is 2.89. The van der Waals surface area contributed by atoms with E-state index in [9.17, 15) is 9.90 Å². The van der Waals surface area contributed by atoms with Crippen molar-refractivity contribution in [3.63, 3.8) is 0 Å². The molecule has 0 bridgehead atoms. The standard InChI is InChI=1S/C17H25NO2/c1-11(2)8-13(10-19)18-17(20)16-9-15(16)14-7-5-4-6-12(14)3/h4-7,11,13,15-16,19H,8-10H2,1-3H3,(H,18,20)/t13-,15-,16-/m0/s1. The molecule has 0 radical (unpaired) electrons. The molecule has 1 aliphatic carbocycles. The van der Waals surface area contributed by atoms with Gasteiger partial charge in [-0.25, -0.2) is 0 Å². The minimum atomic E-state index is -0.111. The first-order chi connectivity index (χ1) is 9.52. The van der Waals surface area contributed by atoms with Crippen LogP contribution in [0.2, 0.25) is 0 Å². The van der Waals surface area contributed by atoms with E-state index in [4.69, 9.17) is 0 Å². The molecule has 110 valence electrons. The highest BCUT2D eigenvalue weighted by Crippen LogP contribution is 2.48. The number of rotatable bonds is 6.